The van der Waals surface area contributed by atoms with Gasteiger partial charge in [-0.2, -0.15) is 9.29 Å². The Morgan fingerprint density at radius 1 is 1.29 bits per heavy atom. The fraction of sp³-hybridized carbons (Fsp3) is 0.273. The van der Waals surface area contributed by atoms with E-state index in [-0.39, 0.29) is 30.4 Å². The summed E-state index contributed by atoms with van der Waals surface area (Å²) in [4.78, 5) is 21.4. The van der Waals surface area contributed by atoms with E-state index in [1.165, 1.54) is 28.9 Å². The first kappa shape index (κ1) is 23.1. The molecule has 1 fully saturated rings. The number of sulfonamides is 1. The highest BCUT2D eigenvalue weighted by Gasteiger charge is 2.41. The maximum atomic E-state index is 13.7. The molecule has 0 aliphatic carbocycles. The molecule has 13 heteroatoms. The van der Waals surface area contributed by atoms with Gasteiger partial charge in [0, 0.05) is 30.4 Å². The van der Waals surface area contributed by atoms with Crippen LogP contribution in [0.2, 0.25) is 0 Å². The molecule has 1 amide bonds. The molecular formula is C22H21FN6O5S. The molecule has 1 aliphatic heterocycles. The summed E-state index contributed by atoms with van der Waals surface area (Å²) in [5.74, 6) is -0.719. The predicted molar refractivity (Wildman–Crippen MR) is 122 cm³/mol. The third-order valence-electron chi connectivity index (χ3n) is 5.83. The fourth-order valence-corrected chi connectivity index (χ4v) is 5.15. The maximum absolute atomic E-state index is 13.7. The molecule has 0 bridgehead atoms. The third-order valence-corrected chi connectivity index (χ3v) is 7.09. The van der Waals surface area contributed by atoms with Crippen molar-refractivity contribution in [1.82, 2.24) is 23.8 Å². The number of halogens is 1. The minimum absolute atomic E-state index is 0.0465. The van der Waals surface area contributed by atoms with Gasteiger partial charge in [0.15, 0.2) is 0 Å². The number of β-amino-alcohol motifs (C(OH)–C–C–N with tert-alkyl or cyclic N) is 1. The van der Waals surface area contributed by atoms with E-state index in [0.29, 0.717) is 16.9 Å². The topological polar surface area (TPSA) is 143 Å². The van der Waals surface area contributed by atoms with Crippen LogP contribution in [0.3, 0.4) is 0 Å². The molecule has 0 spiro atoms. The lowest BCUT2D eigenvalue weighted by Crippen LogP contribution is -2.30. The summed E-state index contributed by atoms with van der Waals surface area (Å²) in [5, 5.41) is 16.7. The summed E-state index contributed by atoms with van der Waals surface area (Å²) >= 11 is 0. The van der Waals surface area contributed by atoms with Gasteiger partial charge in [0.05, 0.1) is 18.6 Å². The van der Waals surface area contributed by atoms with Crippen molar-refractivity contribution < 1.29 is 27.2 Å². The number of hydrogen-bond donors (Lipinski definition) is 2. The van der Waals surface area contributed by atoms with Crippen molar-refractivity contribution >= 4 is 27.3 Å². The van der Waals surface area contributed by atoms with E-state index in [1.807, 2.05) is 0 Å². The number of fused-ring (bicyclic) bond motifs is 1. The van der Waals surface area contributed by atoms with Crippen LogP contribution in [0.15, 0.2) is 47.2 Å². The molecule has 3 aromatic heterocycles. The van der Waals surface area contributed by atoms with Crippen LogP contribution >= 0.6 is 0 Å². The average Bonchev–Trinajstić information content (AvgIpc) is 3.52. The average molecular weight is 501 g/mol. The first-order chi connectivity index (χ1) is 16.6. The van der Waals surface area contributed by atoms with Crippen LogP contribution in [-0.4, -0.2) is 62.2 Å². The second kappa shape index (κ2) is 8.52. The van der Waals surface area contributed by atoms with Crippen LogP contribution in [0.4, 0.5) is 10.1 Å². The molecule has 1 saturated heterocycles. The molecule has 5 rings (SSSR count). The van der Waals surface area contributed by atoms with Crippen LogP contribution in [0.5, 0.6) is 0 Å². The van der Waals surface area contributed by atoms with Gasteiger partial charge in [-0.25, -0.2) is 17.8 Å². The van der Waals surface area contributed by atoms with Gasteiger partial charge < -0.3 is 14.9 Å². The minimum Gasteiger partial charge on any atom is -0.392 e. The van der Waals surface area contributed by atoms with Gasteiger partial charge >= 0.3 is 0 Å². The zero-order valence-electron chi connectivity index (χ0n) is 18.7. The van der Waals surface area contributed by atoms with Crippen LogP contribution in [0.25, 0.3) is 17.0 Å². The van der Waals surface area contributed by atoms with Crippen molar-refractivity contribution in [2.75, 3.05) is 18.1 Å². The zero-order valence-corrected chi connectivity index (χ0v) is 19.5. The number of pyridine rings is 1. The van der Waals surface area contributed by atoms with Crippen molar-refractivity contribution in [3.05, 3.63) is 65.7 Å². The Balaban J connectivity index is 1.42. The molecule has 11 nitrogen and oxygen atoms in total. The molecule has 4 aromatic rings. The molecular weight excluding hydrogens is 479 g/mol. The first-order valence-corrected chi connectivity index (χ1v) is 12.5. The van der Waals surface area contributed by atoms with E-state index in [2.05, 4.69) is 20.4 Å². The number of amides is 1. The lowest BCUT2D eigenvalue weighted by atomic mass is 10.1. The SMILES string of the molecule is Cc1ccc(-c2noc(C3C[C@@H](O)CN3S(C)(=O)=O)n2)cc1NC(=O)c1cnc2ccc(F)cn12. The van der Waals surface area contributed by atoms with Crippen molar-refractivity contribution in [2.45, 2.75) is 25.5 Å². The predicted octanol–water partition coefficient (Wildman–Crippen LogP) is 2.15. The normalized spacial score (nSPS) is 18.9. The smallest absolute Gasteiger partial charge is 0.274 e. The number of carbonyl (C=O) groups is 1. The molecule has 1 aliphatic rings. The van der Waals surface area contributed by atoms with Crippen molar-refractivity contribution in [2.24, 2.45) is 0 Å². The number of aliphatic hydroxyl groups is 1. The summed E-state index contributed by atoms with van der Waals surface area (Å²) in [6, 6.07) is 7.13. The van der Waals surface area contributed by atoms with Gasteiger partial charge in [0.1, 0.15) is 23.2 Å². The van der Waals surface area contributed by atoms with E-state index in [9.17, 15) is 22.7 Å². The van der Waals surface area contributed by atoms with Crippen LogP contribution in [0.1, 0.15) is 34.4 Å². The van der Waals surface area contributed by atoms with Gasteiger partial charge in [-0.05, 0) is 30.7 Å². The Morgan fingerprint density at radius 2 is 2.09 bits per heavy atom. The Labute approximate surface area is 199 Å². The number of aromatic nitrogens is 4. The number of benzene rings is 1. The molecule has 2 atom stereocenters. The Morgan fingerprint density at radius 3 is 2.86 bits per heavy atom. The number of hydrogen-bond acceptors (Lipinski definition) is 8. The number of aryl methyl sites for hydroxylation is 1. The second-order valence-corrected chi connectivity index (χ2v) is 10.3. The Bertz CT molecular complexity index is 1550. The second-order valence-electron chi connectivity index (χ2n) is 8.40. The monoisotopic (exact) mass is 500 g/mol. The first-order valence-electron chi connectivity index (χ1n) is 10.6. The van der Waals surface area contributed by atoms with E-state index in [0.717, 1.165) is 16.1 Å². The van der Waals surface area contributed by atoms with Gasteiger partial charge in [0.2, 0.25) is 21.7 Å². The molecule has 182 valence electrons. The fourth-order valence-electron chi connectivity index (χ4n) is 4.07. The van der Waals surface area contributed by atoms with Crippen LogP contribution < -0.4 is 5.32 Å². The summed E-state index contributed by atoms with van der Waals surface area (Å²) in [6.45, 7) is 1.76. The van der Waals surface area contributed by atoms with Gasteiger partial charge in [-0.1, -0.05) is 17.3 Å². The summed E-state index contributed by atoms with van der Waals surface area (Å²) in [7, 11) is -3.59. The quantitative estimate of drug-likeness (QED) is 0.424. The number of nitrogens with one attached hydrogen (secondary N) is 1. The molecule has 1 unspecified atom stereocenters. The minimum atomic E-state index is -3.59. The molecule has 1 aromatic carbocycles. The number of anilines is 1. The highest BCUT2D eigenvalue weighted by Crippen LogP contribution is 2.34. The van der Waals surface area contributed by atoms with Crippen molar-refractivity contribution in [1.29, 1.82) is 0 Å². The molecule has 2 N–H and O–H groups in total. The maximum Gasteiger partial charge on any atom is 0.274 e. The van der Waals surface area contributed by atoms with E-state index in [4.69, 9.17) is 4.52 Å². The van der Waals surface area contributed by atoms with Crippen LogP contribution in [-0.2, 0) is 10.0 Å². The number of nitrogens with zero attached hydrogens (tertiary/aromatic N) is 5. The zero-order chi connectivity index (χ0) is 24.9. The molecule has 35 heavy (non-hydrogen) atoms. The van der Waals surface area contributed by atoms with E-state index < -0.39 is 33.9 Å². The van der Waals surface area contributed by atoms with Crippen LogP contribution in [0, 0.1) is 12.7 Å². The number of imidazole rings is 1. The number of rotatable bonds is 5. The Hall–Kier alpha value is -3.68. The lowest BCUT2D eigenvalue weighted by Gasteiger charge is -2.17. The molecule has 0 saturated carbocycles. The lowest BCUT2D eigenvalue weighted by molar-refractivity contribution is 0.102. The van der Waals surface area contributed by atoms with Gasteiger partial charge in [-0.15, -0.1) is 0 Å². The third kappa shape index (κ3) is 4.40. The van der Waals surface area contributed by atoms with Crippen molar-refractivity contribution in [3.63, 3.8) is 0 Å². The highest BCUT2D eigenvalue weighted by atomic mass is 32.2. The number of carbonyl (C=O) groups excluding carboxylic acids is 1. The Kier molecular flexibility index (Phi) is 5.62. The van der Waals surface area contributed by atoms with E-state index in [1.54, 1.807) is 25.1 Å². The van der Waals surface area contributed by atoms with E-state index >= 15 is 0 Å². The standard InChI is InChI=1S/C22H21FN6O5S/c1-12-3-4-13(20-26-22(34-27-20)17-8-15(30)11-29(17)35(2,32)33)7-16(12)25-21(31)18-9-24-19-6-5-14(23)10-28(18)19/h3-7,9-10,15,17,30H,8,11H2,1-2H3,(H,25,31)/t15-,17?/m1/s1. The largest absolute Gasteiger partial charge is 0.392 e. The van der Waals surface area contributed by atoms with Gasteiger partial charge in [0.25, 0.3) is 5.91 Å². The summed E-state index contributed by atoms with van der Waals surface area (Å²) in [5.41, 5.74) is 2.34. The van der Waals surface area contributed by atoms with Crippen molar-refractivity contribution in [3.8, 4) is 11.4 Å². The van der Waals surface area contributed by atoms with Gasteiger partial charge in [-0.3, -0.25) is 9.20 Å². The number of aliphatic hydroxyl groups excluding tert-OH is 1. The molecule has 4 heterocycles. The summed E-state index contributed by atoms with van der Waals surface area (Å²) < 4.78 is 45.6. The molecule has 0 radical (unpaired) electrons. The summed E-state index contributed by atoms with van der Waals surface area (Å²) in [6.07, 6.45) is 2.91. The highest BCUT2D eigenvalue weighted by molar-refractivity contribution is 7.88.